The van der Waals surface area contributed by atoms with Gasteiger partial charge in [-0.3, -0.25) is 0 Å². The van der Waals surface area contributed by atoms with Crippen molar-refractivity contribution in [2.45, 2.75) is 12.6 Å². The molecule has 0 aromatic heterocycles. The van der Waals surface area contributed by atoms with Gasteiger partial charge in [-0.15, -0.1) is 0 Å². The third-order valence-electron chi connectivity index (χ3n) is 4.02. The van der Waals surface area contributed by atoms with Gasteiger partial charge in [-0.25, -0.2) is 0 Å². The van der Waals surface area contributed by atoms with E-state index in [0.717, 1.165) is 11.1 Å². The highest BCUT2D eigenvalue weighted by molar-refractivity contribution is 5.47. The molecule has 6 nitrogen and oxygen atoms in total. The van der Waals surface area contributed by atoms with Crippen molar-refractivity contribution in [3.8, 4) is 23.0 Å². The molecular formula is C19H25NO5. The van der Waals surface area contributed by atoms with Crippen LogP contribution in [0, 0.1) is 0 Å². The number of nitrogens with one attached hydrogen (secondary N) is 1. The molecule has 0 unspecified atom stereocenters. The van der Waals surface area contributed by atoms with Crippen LogP contribution in [0.25, 0.3) is 0 Å². The molecule has 2 N–H and O–H groups in total. The first-order valence-corrected chi connectivity index (χ1v) is 7.94. The lowest BCUT2D eigenvalue weighted by Crippen LogP contribution is -2.24. The lowest BCUT2D eigenvalue weighted by molar-refractivity contribution is 0.242. The van der Waals surface area contributed by atoms with Crippen LogP contribution in [0.2, 0.25) is 0 Å². The van der Waals surface area contributed by atoms with Gasteiger partial charge in [0.2, 0.25) is 0 Å². The molecule has 0 aliphatic heterocycles. The molecule has 0 aliphatic rings. The number of ether oxygens (including phenoxy) is 4. The van der Waals surface area contributed by atoms with E-state index in [-0.39, 0.29) is 12.6 Å². The van der Waals surface area contributed by atoms with Crippen molar-refractivity contribution in [1.29, 1.82) is 0 Å². The Labute approximate surface area is 148 Å². The lowest BCUT2D eigenvalue weighted by atomic mass is 10.1. The number of aliphatic hydroxyl groups excluding tert-OH is 1. The van der Waals surface area contributed by atoms with E-state index in [1.165, 1.54) is 0 Å². The topological polar surface area (TPSA) is 69.2 Å². The Bertz CT molecular complexity index is 690. The summed E-state index contributed by atoms with van der Waals surface area (Å²) < 4.78 is 21.3. The Hall–Kier alpha value is -2.44. The number of aliphatic hydroxyl groups is 1. The Balaban J connectivity index is 2.18. The van der Waals surface area contributed by atoms with Crippen LogP contribution in [0.15, 0.2) is 36.4 Å². The van der Waals surface area contributed by atoms with E-state index in [9.17, 15) is 5.11 Å². The number of benzene rings is 2. The normalized spacial score (nSPS) is 11.7. The molecule has 0 fully saturated rings. The fourth-order valence-corrected chi connectivity index (χ4v) is 2.68. The summed E-state index contributed by atoms with van der Waals surface area (Å²) in [6.07, 6.45) is 0. The standard InChI is InChI=1S/C19H25NO5/c1-22-16-9-8-13(10-18(16)24-3)15(12-21)20-11-14-6-5-7-17(23-2)19(14)25-4/h5-10,15,20-21H,11-12H2,1-4H3/t15-/m1/s1. The monoisotopic (exact) mass is 347 g/mol. The van der Waals surface area contributed by atoms with E-state index in [2.05, 4.69) is 5.32 Å². The predicted molar refractivity (Wildman–Crippen MR) is 95.8 cm³/mol. The zero-order valence-corrected chi connectivity index (χ0v) is 15.0. The average molecular weight is 347 g/mol. The molecule has 0 spiro atoms. The van der Waals surface area contributed by atoms with Crippen LogP contribution >= 0.6 is 0 Å². The summed E-state index contributed by atoms with van der Waals surface area (Å²) >= 11 is 0. The minimum absolute atomic E-state index is 0.0538. The van der Waals surface area contributed by atoms with E-state index < -0.39 is 0 Å². The SMILES string of the molecule is COc1ccc([C@@H](CO)NCc2cccc(OC)c2OC)cc1OC. The maximum atomic E-state index is 9.78. The van der Waals surface area contributed by atoms with Crippen LogP contribution in [0.1, 0.15) is 17.2 Å². The molecule has 6 heteroatoms. The largest absolute Gasteiger partial charge is 0.493 e. The number of methoxy groups -OCH3 is 4. The van der Waals surface area contributed by atoms with Gasteiger partial charge < -0.3 is 29.4 Å². The van der Waals surface area contributed by atoms with Crippen LogP contribution in [-0.2, 0) is 6.54 Å². The van der Waals surface area contributed by atoms with Gasteiger partial charge in [0.1, 0.15) is 0 Å². The highest BCUT2D eigenvalue weighted by atomic mass is 16.5. The Kier molecular flexibility index (Phi) is 6.91. The molecule has 2 aromatic rings. The molecule has 136 valence electrons. The number of hydrogen-bond acceptors (Lipinski definition) is 6. The zero-order valence-electron chi connectivity index (χ0n) is 15.0. The molecule has 0 aliphatic carbocycles. The third-order valence-corrected chi connectivity index (χ3v) is 4.02. The number of rotatable bonds is 9. The molecule has 0 heterocycles. The minimum Gasteiger partial charge on any atom is -0.493 e. The van der Waals surface area contributed by atoms with E-state index >= 15 is 0 Å². The Morgan fingerprint density at radius 2 is 1.60 bits per heavy atom. The van der Waals surface area contributed by atoms with Gasteiger partial charge in [-0.05, 0) is 23.8 Å². The molecule has 0 radical (unpaired) electrons. The fourth-order valence-electron chi connectivity index (χ4n) is 2.68. The van der Waals surface area contributed by atoms with Gasteiger partial charge in [0.15, 0.2) is 23.0 Å². The zero-order chi connectivity index (χ0) is 18.2. The molecular weight excluding hydrogens is 322 g/mol. The summed E-state index contributed by atoms with van der Waals surface area (Å²) in [5.41, 5.74) is 1.85. The van der Waals surface area contributed by atoms with Crippen molar-refractivity contribution in [1.82, 2.24) is 5.32 Å². The summed E-state index contributed by atoms with van der Waals surface area (Å²) in [6, 6.07) is 11.0. The van der Waals surface area contributed by atoms with Gasteiger partial charge in [-0.2, -0.15) is 0 Å². The molecule has 0 saturated carbocycles. The number of hydrogen-bond donors (Lipinski definition) is 2. The quantitative estimate of drug-likeness (QED) is 0.727. The van der Waals surface area contributed by atoms with Crippen molar-refractivity contribution in [2.75, 3.05) is 35.0 Å². The summed E-state index contributed by atoms with van der Waals surface area (Å²) in [5.74, 6) is 2.63. The second-order valence-electron chi connectivity index (χ2n) is 5.38. The maximum Gasteiger partial charge on any atom is 0.165 e. The van der Waals surface area contributed by atoms with Gasteiger partial charge in [0.25, 0.3) is 0 Å². The smallest absolute Gasteiger partial charge is 0.165 e. The molecule has 0 bridgehead atoms. The highest BCUT2D eigenvalue weighted by Gasteiger charge is 2.15. The summed E-state index contributed by atoms with van der Waals surface area (Å²) in [7, 11) is 6.40. The van der Waals surface area contributed by atoms with Crippen molar-refractivity contribution in [3.63, 3.8) is 0 Å². The van der Waals surface area contributed by atoms with Crippen LogP contribution in [0.5, 0.6) is 23.0 Å². The molecule has 1 atom stereocenters. The van der Waals surface area contributed by atoms with Gasteiger partial charge >= 0.3 is 0 Å². The molecule has 0 amide bonds. The molecule has 2 aromatic carbocycles. The fraction of sp³-hybridized carbons (Fsp3) is 0.368. The first kappa shape index (κ1) is 18.9. The van der Waals surface area contributed by atoms with Gasteiger partial charge in [-0.1, -0.05) is 18.2 Å². The van der Waals surface area contributed by atoms with Crippen LogP contribution in [0.4, 0.5) is 0 Å². The van der Waals surface area contributed by atoms with Crippen molar-refractivity contribution < 1.29 is 24.1 Å². The lowest BCUT2D eigenvalue weighted by Gasteiger charge is -2.20. The Morgan fingerprint density at radius 1 is 0.880 bits per heavy atom. The third kappa shape index (κ3) is 4.35. The number of para-hydroxylation sites is 1. The molecule has 0 saturated heterocycles. The molecule has 25 heavy (non-hydrogen) atoms. The van der Waals surface area contributed by atoms with Crippen LogP contribution in [0.3, 0.4) is 0 Å². The van der Waals surface area contributed by atoms with E-state index in [1.54, 1.807) is 28.4 Å². The summed E-state index contributed by atoms with van der Waals surface area (Å²) in [4.78, 5) is 0. The first-order chi connectivity index (χ1) is 12.2. The first-order valence-electron chi connectivity index (χ1n) is 7.94. The minimum atomic E-state index is -0.254. The summed E-state index contributed by atoms with van der Waals surface area (Å²) in [5, 5.41) is 13.1. The molecule has 2 rings (SSSR count). The van der Waals surface area contributed by atoms with Crippen molar-refractivity contribution in [2.24, 2.45) is 0 Å². The van der Waals surface area contributed by atoms with E-state index in [0.29, 0.717) is 29.5 Å². The maximum absolute atomic E-state index is 9.78. The van der Waals surface area contributed by atoms with Crippen LogP contribution in [-0.4, -0.2) is 40.2 Å². The van der Waals surface area contributed by atoms with Crippen molar-refractivity contribution >= 4 is 0 Å². The van der Waals surface area contributed by atoms with E-state index in [1.807, 2.05) is 36.4 Å². The van der Waals surface area contributed by atoms with Gasteiger partial charge in [0.05, 0.1) is 41.1 Å². The average Bonchev–Trinajstić information content (AvgIpc) is 2.67. The Morgan fingerprint density at radius 3 is 2.20 bits per heavy atom. The second-order valence-corrected chi connectivity index (χ2v) is 5.38. The summed E-state index contributed by atoms with van der Waals surface area (Å²) in [6.45, 7) is 0.460. The second kappa shape index (κ2) is 9.15. The van der Waals surface area contributed by atoms with Crippen molar-refractivity contribution in [3.05, 3.63) is 47.5 Å². The van der Waals surface area contributed by atoms with Gasteiger partial charge in [0, 0.05) is 12.1 Å². The van der Waals surface area contributed by atoms with E-state index in [4.69, 9.17) is 18.9 Å². The predicted octanol–water partition coefficient (Wildman–Crippen LogP) is 2.54. The van der Waals surface area contributed by atoms with Crippen LogP contribution < -0.4 is 24.3 Å². The highest BCUT2D eigenvalue weighted by Crippen LogP contribution is 2.32.